The first-order valence-corrected chi connectivity index (χ1v) is 32.4. The molecule has 4 fully saturated rings. The zero-order valence-electron chi connectivity index (χ0n) is 57.2. The molecule has 0 spiro atoms. The van der Waals surface area contributed by atoms with Gasteiger partial charge >= 0.3 is 46.6 Å². The van der Waals surface area contributed by atoms with E-state index in [9.17, 15) is 43.2 Å². The second-order valence-corrected chi connectivity index (χ2v) is 22.2. The number of hydrogen-bond acceptors (Lipinski definition) is 24. The normalized spacial score (nSPS) is 14.3. The number of hydrogen-bond donors (Lipinski definition) is 11. The number of halogens is 1. The molecule has 4 aliphatic heterocycles. The Morgan fingerprint density at radius 3 is 1.13 bits per heavy atom. The van der Waals surface area contributed by atoms with Crippen LogP contribution in [-0.2, 0) is 61.1 Å². The summed E-state index contributed by atoms with van der Waals surface area (Å²) in [7, 11) is 1.00. The van der Waals surface area contributed by atoms with Crippen LogP contribution >= 0.6 is 12.4 Å². The van der Waals surface area contributed by atoms with E-state index in [1.165, 1.54) is 12.3 Å². The fourth-order valence-corrected chi connectivity index (χ4v) is 9.63. The summed E-state index contributed by atoms with van der Waals surface area (Å²) in [6.07, 6.45) is 10.9. The average Bonchev–Trinajstić information content (AvgIpc) is 1.35. The van der Waals surface area contributed by atoms with E-state index in [1.807, 2.05) is 185 Å². The molecule has 5 aromatic heterocycles. The van der Waals surface area contributed by atoms with Gasteiger partial charge in [0.25, 0.3) is 17.7 Å². The third-order valence-corrected chi connectivity index (χ3v) is 14.5. The molecule has 32 nitrogen and oxygen atoms in total. The number of anilines is 1. The van der Waals surface area contributed by atoms with Crippen molar-refractivity contribution in [3.05, 3.63) is 240 Å². The van der Waals surface area contributed by atoms with Crippen LogP contribution in [0.4, 0.5) is 24.9 Å². The van der Waals surface area contributed by atoms with Gasteiger partial charge in [-0.15, -0.1) is 12.4 Å². The number of aryl methyl sites for hydroxylation is 4. The predicted octanol–water partition coefficient (Wildman–Crippen LogP) is 6.14. The van der Waals surface area contributed by atoms with Gasteiger partial charge in [0, 0.05) is 78.6 Å². The van der Waals surface area contributed by atoms with Crippen molar-refractivity contribution < 1.29 is 75.9 Å². The van der Waals surface area contributed by atoms with Gasteiger partial charge in [-0.25, -0.2) is 69.0 Å². The third-order valence-electron chi connectivity index (χ3n) is 14.5. The SMILES string of the molecule is CO.Cc1cnc(/C=C2\NC(=O)NC2=O)nc1-c1ccccc1.Cc1cnc(C=O)nc1-c1ccccc1.Cc1cnc(CC2NC(=O)NC2=O)nc1-c1ccccc1.Cc1cnc(CO)nc1-c1ccccc1.Cl.Nc1cnc(CC2NC(=O)NC2=O)nc1-c1ccccc1.O=C1CNC(=O)N1.[O]=[Mn]=[O]. The van der Waals surface area contributed by atoms with Crippen LogP contribution in [0.3, 0.4) is 0 Å². The van der Waals surface area contributed by atoms with Crippen LogP contribution in [0.2, 0.25) is 0 Å². The molecule has 12 amide bonds. The molecule has 0 radical (unpaired) electrons. The summed E-state index contributed by atoms with van der Waals surface area (Å²) in [6.45, 7) is 7.75. The Morgan fingerprint density at radius 1 is 0.443 bits per heavy atom. The topological polar surface area (TPSA) is 479 Å². The molecule has 0 saturated carbocycles. The van der Waals surface area contributed by atoms with Crippen molar-refractivity contribution >= 4 is 78.2 Å². The Hall–Kier alpha value is -13.2. The van der Waals surface area contributed by atoms with Gasteiger partial charge in [-0.3, -0.25) is 45.2 Å². The summed E-state index contributed by atoms with van der Waals surface area (Å²) in [6, 6.07) is 45.4. The van der Waals surface area contributed by atoms with Crippen LogP contribution < -0.4 is 48.3 Å². The molecule has 10 aromatic rings. The van der Waals surface area contributed by atoms with Gasteiger partial charge < -0.3 is 37.2 Å². The van der Waals surface area contributed by atoms with Crippen LogP contribution in [0.5, 0.6) is 0 Å². The number of aldehydes is 1. The number of aliphatic hydroxyl groups is 2. The van der Waals surface area contributed by atoms with Crippen LogP contribution in [0.1, 0.15) is 56.2 Å². The van der Waals surface area contributed by atoms with Crippen molar-refractivity contribution in [3.63, 3.8) is 0 Å². The summed E-state index contributed by atoms with van der Waals surface area (Å²) in [5.41, 5.74) is 19.2. The number of imide groups is 4. The maximum absolute atomic E-state index is 11.6. The maximum atomic E-state index is 11.6. The van der Waals surface area contributed by atoms with E-state index in [0.717, 1.165) is 80.0 Å². The van der Waals surface area contributed by atoms with E-state index in [-0.39, 0.29) is 67.6 Å². The van der Waals surface area contributed by atoms with Crippen LogP contribution in [0, 0.1) is 27.7 Å². The van der Waals surface area contributed by atoms with Gasteiger partial charge in [0.15, 0.2) is 23.8 Å². The molecule has 0 aliphatic carbocycles. The number of benzene rings is 5. The number of nitrogens with zero attached hydrogens (tertiary/aromatic N) is 10. The van der Waals surface area contributed by atoms with E-state index >= 15 is 0 Å². The first kappa shape index (κ1) is 81.8. The molecule has 4 saturated heterocycles. The van der Waals surface area contributed by atoms with Crippen molar-refractivity contribution in [1.82, 2.24) is 92.4 Å². The Bertz CT molecular complexity index is 4670. The number of carbonyl (C=O) groups is 9. The molecule has 9 heterocycles. The molecule has 545 valence electrons. The Balaban J connectivity index is 0.000000200. The number of urea groups is 4. The molecule has 106 heavy (non-hydrogen) atoms. The van der Waals surface area contributed by atoms with Gasteiger partial charge in [-0.05, 0) is 49.9 Å². The third kappa shape index (κ3) is 24.5. The molecule has 14 rings (SSSR count). The van der Waals surface area contributed by atoms with Gasteiger partial charge in [0.05, 0.1) is 46.9 Å². The van der Waals surface area contributed by atoms with Crippen molar-refractivity contribution in [3.8, 4) is 56.3 Å². The van der Waals surface area contributed by atoms with E-state index in [0.29, 0.717) is 41.0 Å². The first-order valence-electron chi connectivity index (χ1n) is 31.5. The van der Waals surface area contributed by atoms with E-state index in [4.69, 9.17) is 23.6 Å². The second kappa shape index (κ2) is 41.7. The molecular formula is C72H70ClMnN19O13. The Labute approximate surface area is 617 Å². The number of nitrogens with one attached hydrogen (secondary N) is 8. The van der Waals surface area contributed by atoms with Crippen molar-refractivity contribution in [2.75, 3.05) is 19.4 Å². The average molecular weight is 1500 g/mol. The van der Waals surface area contributed by atoms with E-state index < -0.39 is 56.9 Å². The summed E-state index contributed by atoms with van der Waals surface area (Å²) in [4.78, 5) is 141. The minimum atomic E-state index is -1.44. The molecule has 34 heteroatoms. The van der Waals surface area contributed by atoms with Crippen LogP contribution in [0.25, 0.3) is 62.4 Å². The van der Waals surface area contributed by atoms with E-state index in [2.05, 4.69) is 87.1 Å². The number of rotatable bonds is 12. The molecule has 5 aromatic carbocycles. The monoisotopic (exact) mass is 1500 g/mol. The van der Waals surface area contributed by atoms with Crippen LogP contribution in [0.15, 0.2) is 188 Å². The summed E-state index contributed by atoms with van der Waals surface area (Å²) in [5, 5.41) is 34.2. The van der Waals surface area contributed by atoms with Crippen molar-refractivity contribution in [1.29, 1.82) is 0 Å². The van der Waals surface area contributed by atoms with Gasteiger partial charge in [0.2, 0.25) is 5.91 Å². The number of nitrogens with two attached hydrogens (primary N) is 1. The zero-order chi connectivity index (χ0) is 75.8. The summed E-state index contributed by atoms with van der Waals surface area (Å²) < 4.78 is 16.8. The molecule has 2 atom stereocenters. The minimum absolute atomic E-state index is 0. The number of aromatic nitrogens is 10. The second-order valence-electron chi connectivity index (χ2n) is 22.1. The summed E-state index contributed by atoms with van der Waals surface area (Å²) in [5.74, 6) is 0.570. The predicted molar refractivity (Wildman–Crippen MR) is 383 cm³/mol. The van der Waals surface area contributed by atoms with E-state index in [1.54, 1.807) is 24.8 Å². The van der Waals surface area contributed by atoms with Gasteiger partial charge in [0.1, 0.15) is 36.0 Å². The molecule has 2 unspecified atom stereocenters. The standard InChI is InChI=1S/C15H14N4O2.C15H12N4O2.C14H13N5O2.C12H12N2O.C12H10N2O.C3H4N2O2.CH4O.ClH.Mn.2O/c2*1-9-8-16-12(7-11-14(20)19-15(21)17-11)18-13(9)10-5-3-2-4-6-10;15-9-7-16-11(6-10-13(20)19-14(21)17-10)18-12(9)8-4-2-1-3-5-8;2*1-9-7-13-11(8-15)14-12(9)10-5-3-2-4-6-10;6-2-1-4-3(7)5-2;1-2;;;;/h2-6,8,11H,7H2,1H3,(H2,17,19,20,21);2-8H,1H3,(H2,17,19,20,21);1-5,7,10H,6,15H2,(H2,17,19,20,21);2-7,15H,8H2,1H3;2-8H,1H3;1H2,(H2,4,5,6,7);2H,1H3;1H;;;/b;11-7-;;;;;;;;;. The number of aliphatic hydroxyl groups excluding tert-OH is 2. The molecule has 4 aliphatic rings. The van der Waals surface area contributed by atoms with Gasteiger partial charge in [-0.2, -0.15) is 0 Å². The molecule has 12 N–H and O–H groups in total. The van der Waals surface area contributed by atoms with Crippen molar-refractivity contribution in [2.45, 2.75) is 59.2 Å². The Morgan fingerprint density at radius 2 is 0.792 bits per heavy atom. The van der Waals surface area contributed by atoms with Crippen molar-refractivity contribution in [2.24, 2.45) is 0 Å². The molecule has 0 bridgehead atoms. The fourth-order valence-electron chi connectivity index (χ4n) is 9.63. The number of carbonyl (C=O) groups excluding carboxylic acids is 9. The van der Waals surface area contributed by atoms with Crippen LogP contribution in [-0.4, -0.2) is 140 Å². The number of nitrogen functional groups attached to an aromatic ring is 1. The first-order chi connectivity index (χ1) is 50.7. The quantitative estimate of drug-likeness (QED) is 0.0283. The molecular weight excluding hydrogens is 1430 g/mol. The summed E-state index contributed by atoms with van der Waals surface area (Å²) >= 11 is -1.44. The fraction of sp³-hybridized carbons (Fsp3) is 0.153. The Kier molecular flexibility index (Phi) is 32.1. The zero-order valence-corrected chi connectivity index (χ0v) is 59.2. The number of amides is 12. The van der Waals surface area contributed by atoms with Gasteiger partial charge in [-0.1, -0.05) is 152 Å².